The maximum absolute atomic E-state index is 2.49. The lowest BCUT2D eigenvalue weighted by molar-refractivity contribution is 0.783. The molecular weight excluding hydrogens is 857 g/mol. The van der Waals surface area contributed by atoms with Crippen LogP contribution in [0, 0.1) is 0 Å². The largest absolute Gasteiger partial charge is 0.310 e. The van der Waals surface area contributed by atoms with Crippen LogP contribution in [0.3, 0.4) is 0 Å². The van der Waals surface area contributed by atoms with Crippen LogP contribution in [0.4, 0.5) is 34.1 Å². The maximum Gasteiger partial charge on any atom is 0.0731 e. The molecule has 2 heteroatoms. The molecule has 2 aliphatic carbocycles. The number of anilines is 6. The van der Waals surface area contributed by atoms with Gasteiger partial charge in [0.15, 0.2) is 0 Å². The second-order valence-electron chi connectivity index (χ2n) is 19.1. The highest BCUT2D eigenvalue weighted by molar-refractivity contribution is 6.20. The van der Waals surface area contributed by atoms with Crippen LogP contribution in [-0.2, 0) is 5.41 Å². The van der Waals surface area contributed by atoms with Crippen molar-refractivity contribution < 1.29 is 0 Å². The Hall–Kier alpha value is -9.24. The third kappa shape index (κ3) is 5.59. The summed E-state index contributed by atoms with van der Waals surface area (Å²) in [7, 11) is 0. The minimum Gasteiger partial charge on any atom is -0.310 e. The van der Waals surface area contributed by atoms with Crippen LogP contribution in [0.25, 0.3) is 77.2 Å². The highest BCUT2D eigenvalue weighted by Crippen LogP contribution is 2.65. The molecule has 0 saturated heterocycles. The molecule has 330 valence electrons. The Bertz CT molecular complexity index is 4130. The molecule has 0 radical (unpaired) electrons. The summed E-state index contributed by atoms with van der Waals surface area (Å²) in [6.07, 6.45) is 0. The third-order valence-electron chi connectivity index (χ3n) is 15.6. The fourth-order valence-corrected chi connectivity index (χ4v) is 12.8. The molecule has 0 amide bonds. The Morgan fingerprint density at radius 1 is 0.268 bits per heavy atom. The number of hydrogen-bond donors (Lipinski definition) is 0. The SMILES string of the molecule is c1ccc(N(c2ccc3c(c2)-c2ccccc2N(c2ccccc2)c2ccccc2-3)c2ccc3c(c2)-c2ccccc2-c2ccccc2C32c3ccccc3-c3c2c2ccccc2c2ccccc32)cc1. The highest BCUT2D eigenvalue weighted by Gasteiger charge is 2.51. The van der Waals surface area contributed by atoms with Crippen LogP contribution >= 0.6 is 0 Å². The first-order valence-electron chi connectivity index (χ1n) is 24.7. The van der Waals surface area contributed by atoms with E-state index in [4.69, 9.17) is 0 Å². The van der Waals surface area contributed by atoms with Crippen molar-refractivity contribution in [2.24, 2.45) is 0 Å². The Morgan fingerprint density at radius 2 is 0.704 bits per heavy atom. The Balaban J connectivity index is 1.02. The summed E-state index contributed by atoms with van der Waals surface area (Å²) in [5.74, 6) is 0. The van der Waals surface area contributed by atoms with E-state index >= 15 is 0 Å². The van der Waals surface area contributed by atoms with Gasteiger partial charge in [0.05, 0.1) is 16.8 Å². The van der Waals surface area contributed by atoms with E-state index in [1.165, 1.54) is 99.4 Å². The minimum absolute atomic E-state index is 0.650. The van der Waals surface area contributed by atoms with Gasteiger partial charge in [-0.2, -0.15) is 0 Å². The van der Waals surface area contributed by atoms with Gasteiger partial charge in [0, 0.05) is 33.9 Å². The lowest BCUT2D eigenvalue weighted by Gasteiger charge is -2.37. The van der Waals surface area contributed by atoms with Crippen molar-refractivity contribution in [2.45, 2.75) is 5.41 Å². The zero-order valence-corrected chi connectivity index (χ0v) is 38.8. The molecule has 1 unspecified atom stereocenters. The fraction of sp³-hybridized carbons (Fsp3) is 0.0145. The number of para-hydroxylation sites is 4. The van der Waals surface area contributed by atoms with Crippen LogP contribution in [0.1, 0.15) is 22.3 Å². The predicted molar refractivity (Wildman–Crippen MR) is 297 cm³/mol. The number of nitrogens with zero attached hydrogens (tertiary/aromatic N) is 2. The maximum atomic E-state index is 2.49. The van der Waals surface area contributed by atoms with E-state index in [0.29, 0.717) is 0 Å². The molecule has 12 aromatic carbocycles. The molecule has 71 heavy (non-hydrogen) atoms. The summed E-state index contributed by atoms with van der Waals surface area (Å²) in [4.78, 5) is 4.88. The fourth-order valence-electron chi connectivity index (χ4n) is 12.8. The van der Waals surface area contributed by atoms with E-state index < -0.39 is 5.41 Å². The molecule has 3 aliphatic rings. The van der Waals surface area contributed by atoms with Gasteiger partial charge in [-0.3, -0.25) is 0 Å². The zero-order valence-electron chi connectivity index (χ0n) is 38.8. The molecule has 12 aromatic rings. The third-order valence-corrected chi connectivity index (χ3v) is 15.6. The molecule has 1 spiro atoms. The molecule has 1 heterocycles. The Labute approximate surface area is 413 Å². The summed E-state index contributed by atoms with van der Waals surface area (Å²) in [5, 5.41) is 5.14. The topological polar surface area (TPSA) is 6.48 Å². The number of fused-ring (bicyclic) bond motifs is 22. The van der Waals surface area contributed by atoms with E-state index in [0.717, 1.165) is 34.1 Å². The number of hydrogen-bond acceptors (Lipinski definition) is 2. The number of rotatable bonds is 4. The van der Waals surface area contributed by atoms with Crippen LogP contribution in [0.15, 0.2) is 267 Å². The smallest absolute Gasteiger partial charge is 0.0731 e. The van der Waals surface area contributed by atoms with Crippen molar-refractivity contribution in [3.8, 4) is 55.6 Å². The summed E-state index contributed by atoms with van der Waals surface area (Å²) >= 11 is 0. The van der Waals surface area contributed by atoms with Crippen molar-refractivity contribution in [1.29, 1.82) is 0 Å². The van der Waals surface area contributed by atoms with Crippen LogP contribution in [0.5, 0.6) is 0 Å². The van der Waals surface area contributed by atoms with E-state index in [1.54, 1.807) is 0 Å². The molecular formula is C69H44N2. The first-order chi connectivity index (χ1) is 35.3. The van der Waals surface area contributed by atoms with E-state index in [9.17, 15) is 0 Å². The first kappa shape index (κ1) is 39.7. The summed E-state index contributed by atoms with van der Waals surface area (Å²) in [6.45, 7) is 0. The van der Waals surface area contributed by atoms with Gasteiger partial charge in [-0.25, -0.2) is 0 Å². The standard InChI is InChI=1S/C69H44N2/c1-3-21-45(22-4-1)70(47-39-41-53-55-30-15-19-37-65(55)71(46-23-5-2-6-24-46)66-38-20-16-31-56(66)60(53)43-47)48-40-42-64-61(44-48)52-28-8-7-25-49(52)54-29-13-17-35-62(54)69(64)63-36-18-14-34-59(63)67-57-32-11-9-26-50(57)51-27-10-12-33-58(51)68(67)69/h1-44H. The zero-order chi connectivity index (χ0) is 46.6. The first-order valence-corrected chi connectivity index (χ1v) is 24.7. The summed E-state index contributed by atoms with van der Waals surface area (Å²) < 4.78 is 0. The van der Waals surface area contributed by atoms with Crippen LogP contribution in [-0.4, -0.2) is 0 Å². The molecule has 1 atom stereocenters. The van der Waals surface area contributed by atoms with Crippen LogP contribution < -0.4 is 9.80 Å². The molecule has 1 aliphatic heterocycles. The van der Waals surface area contributed by atoms with Crippen molar-refractivity contribution in [2.75, 3.05) is 9.80 Å². The molecule has 0 saturated carbocycles. The molecule has 0 aromatic heterocycles. The van der Waals surface area contributed by atoms with Gasteiger partial charge in [0.1, 0.15) is 0 Å². The van der Waals surface area contributed by atoms with Gasteiger partial charge in [-0.1, -0.05) is 206 Å². The average Bonchev–Trinajstić information content (AvgIpc) is 3.63. The van der Waals surface area contributed by atoms with Gasteiger partial charge in [0.2, 0.25) is 0 Å². The lowest BCUT2D eigenvalue weighted by atomic mass is 9.64. The van der Waals surface area contributed by atoms with Gasteiger partial charge in [-0.05, 0) is 149 Å². The average molecular weight is 901 g/mol. The second kappa shape index (κ2) is 15.4. The lowest BCUT2D eigenvalue weighted by Crippen LogP contribution is -2.29. The summed E-state index contributed by atoms with van der Waals surface area (Å²) in [6, 6.07) is 99.5. The number of benzene rings is 12. The monoisotopic (exact) mass is 900 g/mol. The summed E-state index contributed by atoms with van der Waals surface area (Å²) in [5.41, 5.74) is 23.7. The second-order valence-corrected chi connectivity index (χ2v) is 19.1. The van der Waals surface area contributed by atoms with Gasteiger partial charge < -0.3 is 9.80 Å². The minimum atomic E-state index is -0.650. The Kier molecular flexibility index (Phi) is 8.61. The van der Waals surface area contributed by atoms with Gasteiger partial charge in [-0.15, -0.1) is 0 Å². The molecule has 2 nitrogen and oxygen atoms in total. The van der Waals surface area contributed by atoms with Crippen molar-refractivity contribution in [3.63, 3.8) is 0 Å². The van der Waals surface area contributed by atoms with E-state index in [1.807, 2.05) is 0 Å². The predicted octanol–water partition coefficient (Wildman–Crippen LogP) is 18.6. The highest BCUT2D eigenvalue weighted by atomic mass is 15.2. The normalized spacial score (nSPS) is 14.5. The quantitative estimate of drug-likeness (QED) is 0.162. The molecule has 15 rings (SSSR count). The van der Waals surface area contributed by atoms with Gasteiger partial charge in [0.25, 0.3) is 0 Å². The van der Waals surface area contributed by atoms with Crippen molar-refractivity contribution in [1.82, 2.24) is 0 Å². The van der Waals surface area contributed by atoms with E-state index in [-0.39, 0.29) is 0 Å². The van der Waals surface area contributed by atoms with E-state index in [2.05, 4.69) is 277 Å². The van der Waals surface area contributed by atoms with Gasteiger partial charge >= 0.3 is 0 Å². The Morgan fingerprint density at radius 3 is 1.39 bits per heavy atom. The molecule has 0 bridgehead atoms. The molecule has 0 N–H and O–H groups in total. The van der Waals surface area contributed by atoms with Crippen LogP contribution in [0.2, 0.25) is 0 Å². The van der Waals surface area contributed by atoms with Crippen molar-refractivity contribution in [3.05, 3.63) is 289 Å². The molecule has 0 fully saturated rings. The van der Waals surface area contributed by atoms with Crippen molar-refractivity contribution >= 4 is 55.7 Å².